The van der Waals surface area contributed by atoms with E-state index in [-0.39, 0.29) is 36.2 Å². The Bertz CT molecular complexity index is 713. The van der Waals surface area contributed by atoms with Crippen LogP contribution in [0.25, 0.3) is 0 Å². The molecule has 3 aromatic rings. The third kappa shape index (κ3) is 4.80. The third-order valence-electron chi connectivity index (χ3n) is 4.49. The molecule has 0 heterocycles. The van der Waals surface area contributed by atoms with Crippen LogP contribution >= 0.6 is 6.89 Å². The molecule has 26 heavy (non-hydrogen) atoms. The van der Waals surface area contributed by atoms with E-state index in [4.69, 9.17) is 0 Å². The predicted molar refractivity (Wildman–Crippen MR) is 110 cm³/mol. The number of unbranched alkanes of at least 4 members (excludes halogenated alkanes) is 2. The second kappa shape index (κ2) is 10.9. The minimum atomic E-state index is -1.82. The van der Waals surface area contributed by atoms with Gasteiger partial charge in [0.15, 0.2) is 0 Å². The summed E-state index contributed by atoms with van der Waals surface area (Å²) in [7, 11) is 0. The molecule has 3 heteroatoms. The van der Waals surface area contributed by atoms with Gasteiger partial charge in [-0.1, -0.05) is 110 Å². The van der Waals surface area contributed by atoms with Gasteiger partial charge < -0.3 is 5.11 Å². The maximum Gasteiger partial charge on any atom is 1.00 e. The van der Waals surface area contributed by atoms with E-state index in [1.54, 1.807) is 0 Å². The Labute approximate surface area is 179 Å². The van der Waals surface area contributed by atoms with Crippen LogP contribution in [-0.4, -0.2) is 12.4 Å². The molecule has 1 nitrogen and oxygen atoms in total. The van der Waals surface area contributed by atoms with Crippen LogP contribution in [0.3, 0.4) is 0 Å². The number of rotatable bonds is 7. The van der Waals surface area contributed by atoms with E-state index in [0.29, 0.717) is 0 Å². The van der Waals surface area contributed by atoms with E-state index in [1.807, 2.05) is 0 Å². The fourth-order valence-electron chi connectivity index (χ4n) is 3.28. The largest absolute Gasteiger partial charge is 1.00 e. The molecule has 3 rings (SSSR count). The molecule has 0 spiro atoms. The summed E-state index contributed by atoms with van der Waals surface area (Å²) in [6.45, 7) is -1.81. The summed E-state index contributed by atoms with van der Waals surface area (Å²) in [5.74, 6) is 2.50. The van der Waals surface area contributed by atoms with E-state index in [9.17, 15) is 5.11 Å². The topological polar surface area (TPSA) is 23.1 Å². The van der Waals surface area contributed by atoms with Crippen LogP contribution in [-0.2, 0) is 0 Å². The van der Waals surface area contributed by atoms with Crippen LogP contribution in [0.15, 0.2) is 91.0 Å². The van der Waals surface area contributed by atoms with Gasteiger partial charge in [0.25, 0.3) is 0 Å². The van der Waals surface area contributed by atoms with E-state index in [2.05, 4.69) is 96.8 Å². The molecule has 128 valence electrons. The van der Waals surface area contributed by atoms with E-state index in [0.717, 1.165) is 19.3 Å². The summed E-state index contributed by atoms with van der Waals surface area (Å²) in [6.07, 6.45) is 2.67. The van der Waals surface area contributed by atoms with Gasteiger partial charge in [-0.2, -0.15) is 0 Å². The summed E-state index contributed by atoms with van der Waals surface area (Å²) >= 11 is 0. The van der Waals surface area contributed by atoms with Gasteiger partial charge in [0, 0.05) is 0 Å². The van der Waals surface area contributed by atoms with Crippen molar-refractivity contribution in [3.63, 3.8) is 0 Å². The first-order valence-corrected chi connectivity index (χ1v) is 10.7. The predicted octanol–water partition coefficient (Wildman–Crippen LogP) is 0.317. The second-order valence-corrected chi connectivity index (χ2v) is 9.47. The van der Waals surface area contributed by atoms with E-state index < -0.39 is 6.89 Å². The molecule has 0 unspecified atom stereocenters. The normalized spacial score (nSPS) is 10.8. The van der Waals surface area contributed by atoms with Crippen molar-refractivity contribution in [2.45, 2.75) is 19.3 Å². The van der Waals surface area contributed by atoms with Gasteiger partial charge in [0.1, 0.15) is 0 Å². The maximum absolute atomic E-state index is 10.9. The van der Waals surface area contributed by atoms with Gasteiger partial charge in [0.05, 0.1) is 0 Å². The molecule has 0 fully saturated rings. The van der Waals surface area contributed by atoms with E-state index >= 15 is 0 Å². The summed E-state index contributed by atoms with van der Waals surface area (Å²) in [4.78, 5) is 0. The zero-order valence-electron chi connectivity index (χ0n) is 15.4. The number of benzene rings is 3. The number of hydrogen-bond donors (Lipinski definition) is 0. The van der Waals surface area contributed by atoms with Crippen molar-refractivity contribution < 1.29 is 34.7 Å². The summed E-state index contributed by atoms with van der Waals surface area (Å²) in [6, 6.07) is 32.5. The Kier molecular flexibility index (Phi) is 8.91. The van der Waals surface area contributed by atoms with Crippen LogP contribution in [0.1, 0.15) is 19.3 Å². The smallest absolute Gasteiger partial charge is 0.854 e. The minimum absolute atomic E-state index is 0. The average Bonchev–Trinajstić information content (AvgIpc) is 2.70. The molecule has 0 amide bonds. The van der Waals surface area contributed by atoms with Gasteiger partial charge in [-0.15, -0.1) is 6.61 Å². The average molecular weight is 370 g/mol. The molecular weight excluding hydrogens is 346 g/mol. The first kappa shape index (κ1) is 21.2. The zero-order valence-corrected chi connectivity index (χ0v) is 18.3. The van der Waals surface area contributed by atoms with E-state index in [1.165, 1.54) is 15.9 Å². The van der Waals surface area contributed by atoms with Crippen LogP contribution in [0.4, 0.5) is 0 Å². The minimum Gasteiger partial charge on any atom is -0.854 e. The monoisotopic (exact) mass is 370 g/mol. The quantitative estimate of drug-likeness (QED) is 0.334. The van der Waals surface area contributed by atoms with Crippen molar-refractivity contribution >= 4 is 28.6 Å². The number of hydrogen-bond acceptors (Lipinski definition) is 1. The van der Waals surface area contributed by atoms with Crippen molar-refractivity contribution in [3.05, 3.63) is 91.0 Å². The molecule has 0 saturated carbocycles. The van der Waals surface area contributed by atoms with Gasteiger partial charge in [0.2, 0.25) is 0 Å². The van der Waals surface area contributed by atoms with Crippen LogP contribution in [0.5, 0.6) is 0 Å². The molecule has 0 aliphatic carbocycles. The molecule has 0 atom stereocenters. The van der Waals surface area contributed by atoms with Crippen LogP contribution < -0.4 is 50.6 Å². The Morgan fingerprint density at radius 2 is 1.00 bits per heavy atom. The Morgan fingerprint density at radius 1 is 0.615 bits per heavy atom. The SMILES string of the molecule is [Na+].[O-]CCCCC=P(c1ccccc1)(c1ccccc1)c1ccccc1. The zero-order chi connectivity index (χ0) is 17.4. The van der Waals surface area contributed by atoms with Crippen LogP contribution in [0.2, 0.25) is 0 Å². The molecule has 0 N–H and O–H groups in total. The van der Waals surface area contributed by atoms with Gasteiger partial charge in [-0.3, -0.25) is 0 Å². The second-order valence-electron chi connectivity index (χ2n) is 6.11. The Morgan fingerprint density at radius 3 is 1.35 bits per heavy atom. The molecule has 0 bridgehead atoms. The molecular formula is C23H24NaOP. The molecule has 0 saturated heterocycles. The first-order chi connectivity index (χ1) is 12.4. The molecule has 0 radical (unpaired) electrons. The fourth-order valence-corrected chi connectivity index (χ4v) is 7.31. The summed E-state index contributed by atoms with van der Waals surface area (Å²) < 4.78 is 0. The summed E-state index contributed by atoms with van der Waals surface area (Å²) in [5.41, 5.74) is 0. The van der Waals surface area contributed by atoms with Gasteiger partial charge in [-0.05, 0) is 29.2 Å². The van der Waals surface area contributed by atoms with Gasteiger partial charge in [-0.25, -0.2) is 0 Å². The molecule has 0 aromatic heterocycles. The molecule has 0 aliphatic heterocycles. The Balaban J connectivity index is 0.00000243. The van der Waals surface area contributed by atoms with Gasteiger partial charge >= 0.3 is 29.6 Å². The summed E-state index contributed by atoms with van der Waals surface area (Å²) in [5, 5.41) is 15.0. The van der Waals surface area contributed by atoms with Crippen molar-refractivity contribution in [2.75, 3.05) is 6.61 Å². The van der Waals surface area contributed by atoms with Crippen molar-refractivity contribution in [1.82, 2.24) is 0 Å². The molecule has 0 aliphatic rings. The first-order valence-electron chi connectivity index (χ1n) is 8.86. The Hall–Kier alpha value is -1.08. The fraction of sp³-hybridized carbons (Fsp3) is 0.174. The van der Waals surface area contributed by atoms with Crippen molar-refractivity contribution in [3.8, 4) is 0 Å². The third-order valence-corrected chi connectivity index (χ3v) is 8.64. The van der Waals surface area contributed by atoms with Crippen molar-refractivity contribution in [1.29, 1.82) is 0 Å². The van der Waals surface area contributed by atoms with Crippen molar-refractivity contribution in [2.24, 2.45) is 0 Å². The standard InChI is InChI=1S/C23H24OP.Na/c24-19-11-4-12-20-25(21-13-5-1-6-14-21,22-15-7-2-8-16-22)23-17-9-3-10-18-23;/h1-3,5-10,13-18,20H,4,11-12,19H2;/q-1;+1. The maximum atomic E-state index is 10.9. The molecule has 3 aromatic carbocycles. The van der Waals surface area contributed by atoms with Crippen LogP contribution in [0, 0.1) is 0 Å².